The van der Waals surface area contributed by atoms with Gasteiger partial charge in [0.2, 0.25) is 0 Å². The third kappa shape index (κ3) is 3.15. The van der Waals surface area contributed by atoms with Crippen molar-refractivity contribution in [1.82, 2.24) is 0 Å². The zero-order valence-electron chi connectivity index (χ0n) is 11.1. The van der Waals surface area contributed by atoms with Gasteiger partial charge in [-0.3, -0.25) is 0 Å². The molecule has 0 fully saturated rings. The molecule has 2 rings (SSSR count). The molecule has 0 aliphatic rings. The first-order valence-electron chi connectivity index (χ1n) is 6.38. The first-order chi connectivity index (χ1) is 9.61. The van der Waals surface area contributed by atoms with Gasteiger partial charge in [-0.2, -0.15) is 0 Å². The number of aromatic carboxylic acids is 1. The molecule has 2 aromatic carbocycles. The van der Waals surface area contributed by atoms with E-state index >= 15 is 0 Å². The van der Waals surface area contributed by atoms with Crippen LogP contribution in [0.25, 0.3) is 11.1 Å². The van der Waals surface area contributed by atoms with Crippen molar-refractivity contribution in [3.05, 3.63) is 53.8 Å². The highest BCUT2D eigenvalue weighted by atomic mass is 19.1. The maximum Gasteiger partial charge on any atom is 0.338 e. The first kappa shape index (κ1) is 14.1. The Morgan fingerprint density at radius 1 is 1.15 bits per heavy atom. The molecule has 0 saturated carbocycles. The van der Waals surface area contributed by atoms with Crippen LogP contribution in [0.3, 0.4) is 0 Å². The van der Waals surface area contributed by atoms with Crippen molar-refractivity contribution >= 4 is 5.97 Å². The third-order valence-corrected chi connectivity index (χ3v) is 2.86. The Bertz CT molecular complexity index is 606. The molecule has 0 saturated heterocycles. The minimum atomic E-state index is -1.27. The summed E-state index contributed by atoms with van der Waals surface area (Å²) >= 11 is 0. The number of benzene rings is 2. The molecule has 3 nitrogen and oxygen atoms in total. The van der Waals surface area contributed by atoms with Crippen LogP contribution in [0, 0.1) is 5.82 Å². The lowest BCUT2D eigenvalue weighted by atomic mass is 10.0. The van der Waals surface area contributed by atoms with Gasteiger partial charge in [0.15, 0.2) is 0 Å². The van der Waals surface area contributed by atoms with Crippen molar-refractivity contribution in [1.29, 1.82) is 0 Å². The summed E-state index contributed by atoms with van der Waals surface area (Å²) in [7, 11) is 0. The molecular formula is C16H15FO3. The van der Waals surface area contributed by atoms with E-state index in [0.29, 0.717) is 12.2 Å². The normalized spacial score (nSPS) is 10.3. The Labute approximate surface area is 116 Å². The van der Waals surface area contributed by atoms with Gasteiger partial charge in [0.1, 0.15) is 11.6 Å². The van der Waals surface area contributed by atoms with Gasteiger partial charge >= 0.3 is 5.97 Å². The number of halogens is 1. The summed E-state index contributed by atoms with van der Waals surface area (Å²) in [5.41, 5.74) is 1.12. The fraction of sp³-hybridized carbons (Fsp3) is 0.188. The van der Waals surface area contributed by atoms with Crippen LogP contribution in [0.4, 0.5) is 4.39 Å². The fourth-order valence-electron chi connectivity index (χ4n) is 1.83. The maximum absolute atomic E-state index is 13.6. The third-order valence-electron chi connectivity index (χ3n) is 2.86. The van der Waals surface area contributed by atoms with Crippen molar-refractivity contribution in [3.63, 3.8) is 0 Å². The average molecular weight is 274 g/mol. The smallest absolute Gasteiger partial charge is 0.338 e. The second-order valence-corrected chi connectivity index (χ2v) is 4.37. The van der Waals surface area contributed by atoms with E-state index in [4.69, 9.17) is 9.84 Å². The average Bonchev–Trinajstić information content (AvgIpc) is 2.45. The van der Waals surface area contributed by atoms with E-state index in [1.165, 1.54) is 12.1 Å². The van der Waals surface area contributed by atoms with E-state index < -0.39 is 11.8 Å². The van der Waals surface area contributed by atoms with Crippen molar-refractivity contribution in [3.8, 4) is 16.9 Å². The monoisotopic (exact) mass is 274 g/mol. The van der Waals surface area contributed by atoms with Crippen LogP contribution in [-0.2, 0) is 0 Å². The van der Waals surface area contributed by atoms with E-state index in [1.54, 1.807) is 6.07 Å². The number of carboxylic acids is 1. The Balaban J connectivity index is 2.23. The molecule has 20 heavy (non-hydrogen) atoms. The summed E-state index contributed by atoms with van der Waals surface area (Å²) in [5.74, 6) is -1.24. The van der Waals surface area contributed by atoms with E-state index in [9.17, 15) is 9.18 Å². The highest BCUT2D eigenvalue weighted by Gasteiger charge is 2.11. The van der Waals surface area contributed by atoms with Crippen LogP contribution in [0.1, 0.15) is 23.7 Å². The van der Waals surface area contributed by atoms with Gasteiger partial charge in [0.05, 0.1) is 12.2 Å². The number of hydrogen-bond donors (Lipinski definition) is 1. The van der Waals surface area contributed by atoms with Crippen molar-refractivity contribution in [2.24, 2.45) is 0 Å². The molecule has 0 aromatic heterocycles. The van der Waals surface area contributed by atoms with Gasteiger partial charge in [-0.15, -0.1) is 0 Å². The largest absolute Gasteiger partial charge is 0.494 e. The number of carboxylic acid groups (broad SMARTS) is 1. The summed E-state index contributed by atoms with van der Waals surface area (Å²) in [4.78, 5) is 10.8. The number of hydrogen-bond acceptors (Lipinski definition) is 2. The maximum atomic E-state index is 13.6. The minimum Gasteiger partial charge on any atom is -0.494 e. The molecule has 4 heteroatoms. The molecule has 0 radical (unpaired) electrons. The topological polar surface area (TPSA) is 46.5 Å². The molecule has 0 aliphatic carbocycles. The molecule has 0 bridgehead atoms. The summed E-state index contributed by atoms with van der Waals surface area (Å²) in [6.07, 6.45) is 0.934. The molecule has 0 amide bonds. The van der Waals surface area contributed by atoms with Crippen LogP contribution in [0.5, 0.6) is 5.75 Å². The Hall–Kier alpha value is -2.36. The second kappa shape index (κ2) is 6.19. The number of rotatable bonds is 5. The van der Waals surface area contributed by atoms with Crippen molar-refractivity contribution in [2.75, 3.05) is 6.61 Å². The summed E-state index contributed by atoms with van der Waals surface area (Å²) in [5, 5.41) is 8.79. The molecular weight excluding hydrogens is 259 g/mol. The number of ether oxygens (including phenoxy) is 1. The van der Waals surface area contributed by atoms with Crippen LogP contribution < -0.4 is 4.74 Å². The first-order valence-corrected chi connectivity index (χ1v) is 6.38. The zero-order chi connectivity index (χ0) is 14.5. The van der Waals surface area contributed by atoms with Gasteiger partial charge in [-0.25, -0.2) is 9.18 Å². The Kier molecular flexibility index (Phi) is 4.35. The van der Waals surface area contributed by atoms with E-state index in [0.717, 1.165) is 17.7 Å². The lowest BCUT2D eigenvalue weighted by Gasteiger charge is -2.07. The molecule has 0 heterocycles. The van der Waals surface area contributed by atoms with Gasteiger partial charge < -0.3 is 9.84 Å². The van der Waals surface area contributed by atoms with Gasteiger partial charge in [-0.1, -0.05) is 25.1 Å². The number of carbonyl (C=O) groups is 1. The lowest BCUT2D eigenvalue weighted by Crippen LogP contribution is -2.00. The van der Waals surface area contributed by atoms with E-state index in [2.05, 4.69) is 0 Å². The predicted molar refractivity (Wildman–Crippen MR) is 74.6 cm³/mol. The second-order valence-electron chi connectivity index (χ2n) is 4.37. The molecule has 0 atom stereocenters. The van der Waals surface area contributed by atoms with Gasteiger partial charge in [0.25, 0.3) is 0 Å². The van der Waals surface area contributed by atoms with Gasteiger partial charge in [0, 0.05) is 0 Å². The van der Waals surface area contributed by atoms with Crippen LogP contribution in [-0.4, -0.2) is 17.7 Å². The zero-order valence-corrected chi connectivity index (χ0v) is 11.1. The van der Waals surface area contributed by atoms with Gasteiger partial charge in [-0.05, 0) is 41.8 Å². The Morgan fingerprint density at radius 3 is 2.35 bits per heavy atom. The summed E-state index contributed by atoms with van der Waals surface area (Å²) in [6, 6.07) is 11.4. The highest BCUT2D eigenvalue weighted by molar-refractivity contribution is 5.88. The van der Waals surface area contributed by atoms with Crippen LogP contribution in [0.2, 0.25) is 0 Å². The van der Waals surface area contributed by atoms with E-state index in [-0.39, 0.29) is 5.56 Å². The molecule has 1 N–H and O–H groups in total. The minimum absolute atomic E-state index is 0.323. The van der Waals surface area contributed by atoms with Crippen molar-refractivity contribution in [2.45, 2.75) is 13.3 Å². The fourth-order valence-corrected chi connectivity index (χ4v) is 1.83. The molecule has 0 spiro atoms. The SMILES string of the molecule is CCCOc1ccc(-c2ccc(C(=O)O)c(F)c2)cc1. The van der Waals surface area contributed by atoms with Crippen molar-refractivity contribution < 1.29 is 19.0 Å². The summed E-state index contributed by atoms with van der Waals surface area (Å²) in [6.45, 7) is 2.68. The molecule has 2 aromatic rings. The molecule has 0 aliphatic heterocycles. The molecule has 0 unspecified atom stereocenters. The Morgan fingerprint density at radius 2 is 1.80 bits per heavy atom. The quantitative estimate of drug-likeness (QED) is 0.897. The highest BCUT2D eigenvalue weighted by Crippen LogP contribution is 2.24. The lowest BCUT2D eigenvalue weighted by molar-refractivity contribution is 0.0692. The standard InChI is InChI=1S/C16H15FO3/c1-2-9-20-13-6-3-11(4-7-13)12-5-8-14(16(18)19)15(17)10-12/h3-8,10H,2,9H2,1H3,(H,18,19). The summed E-state index contributed by atoms with van der Waals surface area (Å²) < 4.78 is 19.1. The predicted octanol–water partition coefficient (Wildman–Crippen LogP) is 3.98. The van der Waals surface area contributed by atoms with Crippen LogP contribution in [0.15, 0.2) is 42.5 Å². The van der Waals surface area contributed by atoms with Crippen LogP contribution >= 0.6 is 0 Å². The molecule has 104 valence electrons. The van der Waals surface area contributed by atoms with E-state index in [1.807, 2.05) is 31.2 Å².